The van der Waals surface area contributed by atoms with Crippen molar-refractivity contribution in [3.8, 4) is 0 Å². The van der Waals surface area contributed by atoms with E-state index >= 15 is 0 Å². The predicted molar refractivity (Wildman–Crippen MR) is 121 cm³/mol. The summed E-state index contributed by atoms with van der Waals surface area (Å²) in [6.45, 7) is 8.65. The molecule has 1 saturated heterocycles. The summed E-state index contributed by atoms with van der Waals surface area (Å²) in [7, 11) is 3.40. The largest absolute Gasteiger partial charge is 0.435 e. The van der Waals surface area contributed by atoms with Crippen LogP contribution in [0.4, 0.5) is 13.2 Å². The van der Waals surface area contributed by atoms with Gasteiger partial charge in [0.25, 0.3) is 0 Å². The average molecular weight is 474 g/mol. The molecule has 0 radical (unpaired) electrons. The number of hydrogen-bond acceptors (Lipinski definition) is 7. The van der Waals surface area contributed by atoms with Crippen LogP contribution in [0.3, 0.4) is 0 Å². The number of aliphatic imine (C=N–C) groups is 2. The Balaban J connectivity index is 1.68. The van der Waals surface area contributed by atoms with Crippen molar-refractivity contribution < 1.29 is 17.9 Å². The Morgan fingerprint density at radius 1 is 1.26 bits per heavy atom. The van der Waals surface area contributed by atoms with Gasteiger partial charge in [-0.05, 0) is 32.7 Å². The molecule has 4 rings (SSSR count). The number of halogens is 3. The topological polar surface area (TPSA) is 85.2 Å². The van der Waals surface area contributed by atoms with Gasteiger partial charge in [-0.2, -0.15) is 23.4 Å². The maximum Gasteiger partial charge on any atom is 0.435 e. The molecule has 1 aliphatic rings. The van der Waals surface area contributed by atoms with Crippen molar-refractivity contribution in [3.05, 3.63) is 59.1 Å². The molecule has 0 N–H and O–H groups in total. The number of ether oxygens (including phenoxy) is 1. The molecule has 0 bridgehead atoms. The minimum absolute atomic E-state index is 0.0997. The lowest BCUT2D eigenvalue weighted by Gasteiger charge is -2.38. The molecule has 0 saturated carbocycles. The van der Waals surface area contributed by atoms with Crippen LogP contribution < -0.4 is 0 Å². The molecule has 2 atom stereocenters. The van der Waals surface area contributed by atoms with E-state index in [1.807, 2.05) is 32.0 Å². The van der Waals surface area contributed by atoms with Gasteiger partial charge in [-0.1, -0.05) is 0 Å². The third-order valence-corrected chi connectivity index (χ3v) is 5.57. The van der Waals surface area contributed by atoms with Crippen LogP contribution in [0.1, 0.15) is 35.7 Å². The second-order valence-corrected chi connectivity index (χ2v) is 8.08. The Morgan fingerprint density at radius 2 is 2.03 bits per heavy atom. The number of fused-ring (bicyclic) bond motifs is 1. The normalized spacial score (nSPS) is 20.3. The van der Waals surface area contributed by atoms with Crippen molar-refractivity contribution in [2.45, 2.75) is 32.2 Å². The minimum atomic E-state index is -4.58. The number of morpholine rings is 1. The number of aryl methyl sites for hydroxylation is 2. The van der Waals surface area contributed by atoms with Gasteiger partial charge in [-0.3, -0.25) is 9.67 Å². The van der Waals surface area contributed by atoms with E-state index in [-0.39, 0.29) is 17.9 Å². The zero-order valence-corrected chi connectivity index (χ0v) is 19.3. The molecule has 9 nitrogen and oxygen atoms in total. The maximum atomic E-state index is 13.2. The average Bonchev–Trinajstić information content (AvgIpc) is 3.35. The lowest BCUT2D eigenvalue weighted by atomic mass is 10.1. The Labute approximate surface area is 194 Å². The summed E-state index contributed by atoms with van der Waals surface area (Å²) in [5.41, 5.74) is 1.81. The van der Waals surface area contributed by atoms with E-state index in [1.165, 1.54) is 12.3 Å². The smallest absolute Gasteiger partial charge is 0.367 e. The molecule has 4 heterocycles. The molecule has 12 heteroatoms. The molecule has 1 fully saturated rings. The fraction of sp³-hybridized carbons (Fsp3) is 0.409. The molecule has 0 amide bonds. The number of alkyl halides is 3. The van der Waals surface area contributed by atoms with E-state index in [9.17, 15) is 13.2 Å². The second kappa shape index (κ2) is 9.01. The first-order valence-corrected chi connectivity index (χ1v) is 10.6. The van der Waals surface area contributed by atoms with Crippen LogP contribution in [-0.2, 0) is 18.0 Å². The highest BCUT2D eigenvalue weighted by Gasteiger charge is 2.33. The molecule has 0 aromatic carbocycles. The molecule has 0 unspecified atom stereocenters. The fourth-order valence-corrected chi connectivity index (χ4v) is 4.06. The van der Waals surface area contributed by atoms with E-state index in [4.69, 9.17) is 4.74 Å². The third kappa shape index (κ3) is 4.58. The first-order chi connectivity index (χ1) is 16.1. The van der Waals surface area contributed by atoms with Gasteiger partial charge in [-0.15, -0.1) is 0 Å². The standard InChI is InChI=1S/C22H25F3N8O/c1-13-10-32(12-18(34-13)15-11-31(5)29-14(15)2)21(27-4)8-16(26-3)17-9-28-20-7-6-19(22(23,24)25)30-33(17)20/h6-9,11,13,18H,4,10,12H2,1-3,5H3/b21-8+,26-16?/t13-,18+/m0/s1. The minimum Gasteiger partial charge on any atom is -0.367 e. The molecule has 3 aromatic rings. The summed E-state index contributed by atoms with van der Waals surface area (Å²) < 4.78 is 48.6. The molecule has 180 valence electrons. The van der Waals surface area contributed by atoms with E-state index in [0.717, 1.165) is 21.8 Å². The molecule has 0 aliphatic carbocycles. The SMILES string of the molecule is C=N/C(=C\C(=NC)c1cnc2ccc(C(F)(F)F)nn12)N1C[C@H](C)O[C@@H](c2cn(C)nc2C)C1. The number of aromatic nitrogens is 5. The van der Waals surface area contributed by atoms with E-state index in [2.05, 4.69) is 31.9 Å². The lowest BCUT2D eigenvalue weighted by molar-refractivity contribution is -0.141. The number of imidazole rings is 1. The molecule has 3 aromatic heterocycles. The van der Waals surface area contributed by atoms with Crippen LogP contribution in [0.2, 0.25) is 0 Å². The number of nitrogens with zero attached hydrogens (tertiary/aromatic N) is 8. The summed E-state index contributed by atoms with van der Waals surface area (Å²) in [5.74, 6) is 0.518. The summed E-state index contributed by atoms with van der Waals surface area (Å²) >= 11 is 0. The van der Waals surface area contributed by atoms with Crippen LogP contribution >= 0.6 is 0 Å². The Bertz CT molecular complexity index is 1270. The van der Waals surface area contributed by atoms with E-state index < -0.39 is 11.9 Å². The van der Waals surface area contributed by atoms with Crippen molar-refractivity contribution in [1.29, 1.82) is 0 Å². The monoisotopic (exact) mass is 474 g/mol. The lowest BCUT2D eigenvalue weighted by Crippen LogP contribution is -2.42. The second-order valence-electron chi connectivity index (χ2n) is 8.08. The molecular weight excluding hydrogens is 449 g/mol. The number of rotatable bonds is 5. The first kappa shape index (κ1) is 23.6. The van der Waals surface area contributed by atoms with Crippen LogP contribution in [0, 0.1) is 6.92 Å². The van der Waals surface area contributed by atoms with Gasteiger partial charge in [0.05, 0.1) is 30.3 Å². The zero-order chi connectivity index (χ0) is 24.6. The highest BCUT2D eigenvalue weighted by molar-refractivity contribution is 6.08. The Morgan fingerprint density at radius 3 is 2.65 bits per heavy atom. The first-order valence-electron chi connectivity index (χ1n) is 10.6. The van der Waals surface area contributed by atoms with Crippen LogP contribution in [0.5, 0.6) is 0 Å². The molecule has 0 spiro atoms. The van der Waals surface area contributed by atoms with Gasteiger partial charge in [0.1, 0.15) is 17.6 Å². The van der Waals surface area contributed by atoms with Gasteiger partial charge in [0.2, 0.25) is 0 Å². The molecule has 1 aliphatic heterocycles. The fourth-order valence-electron chi connectivity index (χ4n) is 4.06. The third-order valence-electron chi connectivity index (χ3n) is 5.57. The van der Waals surface area contributed by atoms with E-state index in [0.29, 0.717) is 30.3 Å². The van der Waals surface area contributed by atoms with Crippen LogP contribution in [0.25, 0.3) is 5.65 Å². The summed E-state index contributed by atoms with van der Waals surface area (Å²) in [6.07, 6.45) is 0.137. The van der Waals surface area contributed by atoms with E-state index in [1.54, 1.807) is 17.8 Å². The summed E-state index contributed by atoms with van der Waals surface area (Å²) in [4.78, 5) is 14.6. The molecule has 34 heavy (non-hydrogen) atoms. The van der Waals surface area contributed by atoms with Crippen molar-refractivity contribution in [1.82, 2.24) is 29.3 Å². The number of hydrogen-bond donors (Lipinski definition) is 0. The van der Waals surface area contributed by atoms with Crippen LogP contribution in [-0.4, -0.2) is 67.9 Å². The van der Waals surface area contributed by atoms with Crippen molar-refractivity contribution in [2.75, 3.05) is 20.1 Å². The highest BCUT2D eigenvalue weighted by atomic mass is 19.4. The number of allylic oxidation sites excluding steroid dienone is 1. The highest BCUT2D eigenvalue weighted by Crippen LogP contribution is 2.30. The molecular formula is C22H25F3N8O. The quantitative estimate of drug-likeness (QED) is 0.530. The summed E-state index contributed by atoms with van der Waals surface area (Å²) in [5, 5.41) is 8.13. The van der Waals surface area contributed by atoms with Crippen molar-refractivity contribution in [3.63, 3.8) is 0 Å². The van der Waals surface area contributed by atoms with Gasteiger partial charge in [-0.25, -0.2) is 14.5 Å². The van der Waals surface area contributed by atoms with Gasteiger partial charge in [0.15, 0.2) is 11.3 Å². The van der Waals surface area contributed by atoms with Crippen molar-refractivity contribution in [2.24, 2.45) is 17.0 Å². The summed E-state index contributed by atoms with van der Waals surface area (Å²) in [6, 6.07) is 2.17. The zero-order valence-electron chi connectivity index (χ0n) is 19.3. The van der Waals surface area contributed by atoms with Crippen LogP contribution in [0.15, 0.2) is 46.4 Å². The predicted octanol–water partition coefficient (Wildman–Crippen LogP) is 3.21. The van der Waals surface area contributed by atoms with Gasteiger partial charge < -0.3 is 9.64 Å². The maximum absolute atomic E-state index is 13.2. The Kier molecular flexibility index (Phi) is 6.26. The van der Waals surface area contributed by atoms with Gasteiger partial charge in [0, 0.05) is 38.5 Å². The Hall–Kier alpha value is -3.54. The van der Waals surface area contributed by atoms with Gasteiger partial charge >= 0.3 is 6.18 Å². The van der Waals surface area contributed by atoms with Crippen molar-refractivity contribution >= 4 is 18.1 Å².